The molecule has 0 aliphatic rings. The predicted octanol–water partition coefficient (Wildman–Crippen LogP) is 3.82. The number of aliphatic imine (C=N–C) groups is 1. The molecule has 0 fully saturated rings. The summed E-state index contributed by atoms with van der Waals surface area (Å²) in [6, 6.07) is 7.35. The number of carbonyl (C=O) groups excluding carboxylic acids is 1. The largest absolute Gasteiger partial charge is 0.496 e. The van der Waals surface area contributed by atoms with Crippen molar-refractivity contribution in [1.29, 1.82) is 0 Å². The van der Waals surface area contributed by atoms with E-state index in [0.717, 1.165) is 11.3 Å². The number of nitrogens with two attached hydrogens (primary N) is 1. The Morgan fingerprint density at radius 3 is 2.52 bits per heavy atom. The highest BCUT2D eigenvalue weighted by atomic mass is 32.1. The molecule has 3 rings (SSSR count). The zero-order valence-corrected chi connectivity index (χ0v) is 17.8. The average Bonchev–Trinajstić information content (AvgIpc) is 3.38. The first-order chi connectivity index (χ1) is 14.0. The predicted molar refractivity (Wildman–Crippen MR) is 114 cm³/mol. The van der Waals surface area contributed by atoms with Gasteiger partial charge in [-0.3, -0.25) is 4.79 Å². The lowest BCUT2D eigenvalue weighted by Gasteiger charge is -2.23. The lowest BCUT2D eigenvalue weighted by Crippen LogP contribution is -2.38. The third-order valence-electron chi connectivity index (χ3n) is 3.85. The van der Waals surface area contributed by atoms with Crippen LogP contribution in [0.4, 0.5) is 5.13 Å². The number of hydrogen-bond donors (Lipinski definition) is 1. The highest BCUT2D eigenvalue weighted by Crippen LogP contribution is 2.31. The summed E-state index contributed by atoms with van der Waals surface area (Å²) in [5.41, 5.74) is 8.63. The number of thiophene rings is 1. The summed E-state index contributed by atoms with van der Waals surface area (Å²) in [7, 11) is 3.10. The molecular weight excluding hydrogens is 412 g/mol. The summed E-state index contributed by atoms with van der Waals surface area (Å²) in [6.07, 6.45) is 0. The molecule has 2 N–H and O–H groups in total. The standard InChI is InChI=1S/C19H20N4O4S2/c1-12(24)27-23(9-14-16(25-2)5-4-6-17(14)26-3)18(20)22-19-21-15(11-29-19)13-7-8-28-10-13/h4-8,10-11H,9H2,1-3H3,(H2,20,21,22). The summed E-state index contributed by atoms with van der Waals surface area (Å²) in [6.45, 7) is 1.38. The van der Waals surface area contributed by atoms with Crippen molar-refractivity contribution in [3.8, 4) is 22.8 Å². The molecule has 0 saturated heterocycles. The van der Waals surface area contributed by atoms with Crippen molar-refractivity contribution < 1.29 is 19.1 Å². The number of hydroxylamine groups is 2. The molecule has 0 unspecified atom stereocenters. The van der Waals surface area contributed by atoms with E-state index >= 15 is 0 Å². The lowest BCUT2D eigenvalue weighted by molar-refractivity contribution is -0.172. The second-order valence-corrected chi connectivity index (χ2v) is 7.37. The number of nitrogens with zero attached hydrogens (tertiary/aromatic N) is 3. The molecule has 29 heavy (non-hydrogen) atoms. The molecule has 2 aromatic heterocycles. The van der Waals surface area contributed by atoms with Gasteiger partial charge < -0.3 is 20.0 Å². The molecule has 1 aromatic carbocycles. The first kappa shape index (κ1) is 20.6. The summed E-state index contributed by atoms with van der Waals surface area (Å²) < 4.78 is 10.8. The summed E-state index contributed by atoms with van der Waals surface area (Å²) >= 11 is 2.94. The first-order valence-electron chi connectivity index (χ1n) is 8.50. The maximum atomic E-state index is 11.6. The molecule has 2 heterocycles. The van der Waals surface area contributed by atoms with Gasteiger partial charge in [-0.25, -0.2) is 4.98 Å². The van der Waals surface area contributed by atoms with Gasteiger partial charge in [-0.1, -0.05) is 6.07 Å². The smallest absolute Gasteiger partial charge is 0.329 e. The van der Waals surface area contributed by atoms with Crippen molar-refractivity contribution in [2.75, 3.05) is 14.2 Å². The van der Waals surface area contributed by atoms with Crippen molar-refractivity contribution in [3.05, 3.63) is 46.0 Å². The van der Waals surface area contributed by atoms with Crippen LogP contribution in [0.25, 0.3) is 11.3 Å². The van der Waals surface area contributed by atoms with Gasteiger partial charge >= 0.3 is 5.97 Å². The van der Waals surface area contributed by atoms with E-state index < -0.39 is 5.97 Å². The fraction of sp³-hybridized carbons (Fsp3) is 0.211. The number of guanidine groups is 1. The zero-order chi connectivity index (χ0) is 20.8. The highest BCUT2D eigenvalue weighted by Gasteiger charge is 2.19. The van der Waals surface area contributed by atoms with Gasteiger partial charge in [0.15, 0.2) is 0 Å². The monoisotopic (exact) mass is 432 g/mol. The van der Waals surface area contributed by atoms with Crippen LogP contribution in [0.2, 0.25) is 0 Å². The molecular formula is C19H20N4O4S2. The Hall–Kier alpha value is -3.11. The van der Waals surface area contributed by atoms with Crippen molar-refractivity contribution in [2.24, 2.45) is 10.7 Å². The third-order valence-corrected chi connectivity index (χ3v) is 5.26. The van der Waals surface area contributed by atoms with Gasteiger partial charge in [-0.05, 0) is 23.6 Å². The normalized spacial score (nSPS) is 11.2. The van der Waals surface area contributed by atoms with Gasteiger partial charge in [0.2, 0.25) is 11.1 Å². The number of benzene rings is 1. The quantitative estimate of drug-likeness (QED) is 0.359. The van der Waals surface area contributed by atoms with Crippen LogP contribution >= 0.6 is 22.7 Å². The van der Waals surface area contributed by atoms with E-state index in [2.05, 4.69) is 9.98 Å². The minimum atomic E-state index is -0.532. The third kappa shape index (κ3) is 5.04. The van der Waals surface area contributed by atoms with Crippen LogP contribution in [0.3, 0.4) is 0 Å². The fourth-order valence-electron chi connectivity index (χ4n) is 2.55. The van der Waals surface area contributed by atoms with Crippen molar-refractivity contribution in [3.63, 3.8) is 0 Å². The van der Waals surface area contributed by atoms with Crippen LogP contribution in [0.15, 0.2) is 45.4 Å². The Labute approximate surface area is 176 Å². The number of carbonyl (C=O) groups is 1. The van der Waals surface area contributed by atoms with E-state index in [0.29, 0.717) is 22.2 Å². The van der Waals surface area contributed by atoms with Crippen LogP contribution in [0, 0.1) is 0 Å². The van der Waals surface area contributed by atoms with Gasteiger partial charge in [0.05, 0.1) is 32.0 Å². The van der Waals surface area contributed by atoms with Crippen LogP contribution < -0.4 is 15.2 Å². The van der Waals surface area contributed by atoms with Gasteiger partial charge in [0.25, 0.3) is 0 Å². The summed E-state index contributed by atoms with van der Waals surface area (Å²) in [5, 5.41) is 7.52. The Kier molecular flexibility index (Phi) is 6.68. The van der Waals surface area contributed by atoms with Crippen LogP contribution in [-0.4, -0.2) is 36.2 Å². The molecule has 3 aromatic rings. The second kappa shape index (κ2) is 9.39. The van der Waals surface area contributed by atoms with Crippen molar-refractivity contribution >= 4 is 39.7 Å². The minimum absolute atomic E-state index is 0.0145. The topological polar surface area (TPSA) is 99.3 Å². The molecule has 0 atom stereocenters. The van der Waals surface area contributed by atoms with E-state index in [1.54, 1.807) is 43.8 Å². The van der Waals surface area contributed by atoms with Gasteiger partial charge in [-0.2, -0.15) is 21.4 Å². The van der Waals surface area contributed by atoms with Crippen LogP contribution in [-0.2, 0) is 16.2 Å². The molecule has 0 amide bonds. The lowest BCUT2D eigenvalue weighted by atomic mass is 10.1. The fourth-order valence-corrected chi connectivity index (χ4v) is 3.91. The Balaban J connectivity index is 1.89. The number of hydrogen-bond acceptors (Lipinski definition) is 8. The van der Waals surface area contributed by atoms with E-state index in [-0.39, 0.29) is 12.5 Å². The van der Waals surface area contributed by atoms with Crippen molar-refractivity contribution in [2.45, 2.75) is 13.5 Å². The number of methoxy groups -OCH3 is 2. The summed E-state index contributed by atoms with van der Waals surface area (Å²) in [5.74, 6) is 0.598. The molecule has 152 valence electrons. The molecule has 0 saturated carbocycles. The Morgan fingerprint density at radius 2 is 1.93 bits per heavy atom. The molecule has 0 radical (unpaired) electrons. The van der Waals surface area contributed by atoms with E-state index in [1.807, 2.05) is 22.2 Å². The number of rotatable bonds is 6. The number of ether oxygens (including phenoxy) is 2. The molecule has 0 aliphatic heterocycles. The van der Waals surface area contributed by atoms with Crippen molar-refractivity contribution in [1.82, 2.24) is 10.0 Å². The second-order valence-electron chi connectivity index (χ2n) is 5.76. The number of aromatic nitrogens is 1. The maximum absolute atomic E-state index is 11.6. The zero-order valence-electron chi connectivity index (χ0n) is 16.1. The Bertz CT molecular complexity index is 979. The molecule has 0 spiro atoms. The van der Waals surface area contributed by atoms with Gasteiger partial charge in [0, 0.05) is 23.2 Å². The van der Waals surface area contributed by atoms with Gasteiger partial charge in [-0.15, -0.1) is 11.3 Å². The average molecular weight is 433 g/mol. The molecule has 8 nitrogen and oxygen atoms in total. The first-order valence-corrected chi connectivity index (χ1v) is 10.3. The van der Waals surface area contributed by atoms with Gasteiger partial charge in [0.1, 0.15) is 11.5 Å². The van der Waals surface area contributed by atoms with E-state index in [1.165, 1.54) is 23.3 Å². The molecule has 10 heteroatoms. The maximum Gasteiger partial charge on any atom is 0.329 e. The van der Waals surface area contributed by atoms with E-state index in [4.69, 9.17) is 20.0 Å². The summed E-state index contributed by atoms with van der Waals surface area (Å²) in [4.78, 5) is 25.7. The van der Waals surface area contributed by atoms with Crippen LogP contribution in [0.5, 0.6) is 11.5 Å². The SMILES string of the molecule is COc1cccc(OC)c1CN(OC(C)=O)/C(N)=N/c1nc(-c2ccsc2)cs1. The molecule has 0 aliphatic carbocycles. The van der Waals surface area contributed by atoms with Crippen LogP contribution in [0.1, 0.15) is 12.5 Å². The minimum Gasteiger partial charge on any atom is -0.496 e. The Morgan fingerprint density at radius 1 is 1.21 bits per heavy atom. The van der Waals surface area contributed by atoms with E-state index in [9.17, 15) is 4.79 Å². The highest BCUT2D eigenvalue weighted by molar-refractivity contribution is 7.13. The molecule has 0 bridgehead atoms. The number of thiazole rings is 1.